The van der Waals surface area contributed by atoms with Crippen molar-refractivity contribution in [3.05, 3.63) is 70.3 Å². The molecule has 104 valence electrons. The van der Waals surface area contributed by atoms with E-state index < -0.39 is 0 Å². The molecule has 1 atom stereocenters. The van der Waals surface area contributed by atoms with E-state index in [0.29, 0.717) is 5.92 Å². The molecule has 0 bridgehead atoms. The fourth-order valence-electron chi connectivity index (χ4n) is 3.34. The highest BCUT2D eigenvalue weighted by Crippen LogP contribution is 2.29. The van der Waals surface area contributed by atoms with E-state index >= 15 is 0 Å². The molecule has 0 aliphatic heterocycles. The Morgan fingerprint density at radius 2 is 1.70 bits per heavy atom. The molecule has 0 heterocycles. The van der Waals surface area contributed by atoms with E-state index in [1.54, 1.807) is 0 Å². The van der Waals surface area contributed by atoms with Crippen molar-refractivity contribution in [2.45, 2.75) is 39.2 Å². The molecule has 0 spiro atoms. The van der Waals surface area contributed by atoms with Crippen LogP contribution in [-0.4, -0.2) is 6.04 Å². The fourth-order valence-corrected chi connectivity index (χ4v) is 3.34. The third-order valence-corrected chi connectivity index (χ3v) is 4.65. The molecule has 0 aromatic heterocycles. The van der Waals surface area contributed by atoms with Crippen molar-refractivity contribution in [2.75, 3.05) is 0 Å². The molecule has 3 rings (SSSR count). The number of nitrogens with two attached hydrogens (primary N) is 1. The molecular formula is C19H23N. The maximum Gasteiger partial charge on any atom is 0.0114 e. The van der Waals surface area contributed by atoms with Crippen LogP contribution in [0.1, 0.15) is 27.8 Å². The normalized spacial score (nSPS) is 16.1. The SMILES string of the molecule is Cc1ccc(C)c(CC(N)C2Cc3ccccc3C2)c1. The van der Waals surface area contributed by atoms with Crippen molar-refractivity contribution in [1.82, 2.24) is 0 Å². The van der Waals surface area contributed by atoms with Crippen LogP contribution in [0.15, 0.2) is 42.5 Å². The highest BCUT2D eigenvalue weighted by molar-refractivity contribution is 5.34. The zero-order valence-electron chi connectivity index (χ0n) is 12.4. The second-order valence-electron chi connectivity index (χ2n) is 6.23. The van der Waals surface area contributed by atoms with Gasteiger partial charge in [-0.25, -0.2) is 0 Å². The van der Waals surface area contributed by atoms with Crippen LogP contribution in [0.4, 0.5) is 0 Å². The summed E-state index contributed by atoms with van der Waals surface area (Å²) in [6.07, 6.45) is 3.27. The van der Waals surface area contributed by atoms with Crippen LogP contribution in [0, 0.1) is 19.8 Å². The maximum absolute atomic E-state index is 6.51. The minimum atomic E-state index is 0.253. The van der Waals surface area contributed by atoms with Gasteiger partial charge in [-0.2, -0.15) is 0 Å². The summed E-state index contributed by atoms with van der Waals surface area (Å²) in [5, 5.41) is 0. The van der Waals surface area contributed by atoms with Crippen LogP contribution >= 0.6 is 0 Å². The van der Waals surface area contributed by atoms with Crippen LogP contribution in [0.25, 0.3) is 0 Å². The molecule has 1 nitrogen and oxygen atoms in total. The van der Waals surface area contributed by atoms with Gasteiger partial charge in [-0.05, 0) is 61.3 Å². The van der Waals surface area contributed by atoms with Gasteiger partial charge in [0.05, 0.1) is 0 Å². The number of aryl methyl sites for hydroxylation is 2. The molecule has 1 heteroatoms. The van der Waals surface area contributed by atoms with Crippen LogP contribution in [0.5, 0.6) is 0 Å². The molecule has 1 unspecified atom stereocenters. The Kier molecular flexibility index (Phi) is 3.62. The van der Waals surface area contributed by atoms with Gasteiger partial charge in [-0.1, -0.05) is 48.0 Å². The minimum absolute atomic E-state index is 0.253. The van der Waals surface area contributed by atoms with Gasteiger partial charge in [-0.3, -0.25) is 0 Å². The molecular weight excluding hydrogens is 242 g/mol. The average Bonchev–Trinajstić information content (AvgIpc) is 2.87. The Balaban J connectivity index is 1.72. The van der Waals surface area contributed by atoms with Crippen molar-refractivity contribution < 1.29 is 0 Å². The van der Waals surface area contributed by atoms with E-state index in [1.165, 1.54) is 27.8 Å². The van der Waals surface area contributed by atoms with E-state index in [1.807, 2.05) is 0 Å². The van der Waals surface area contributed by atoms with Crippen LogP contribution in [-0.2, 0) is 19.3 Å². The van der Waals surface area contributed by atoms with E-state index in [9.17, 15) is 0 Å². The van der Waals surface area contributed by atoms with Crippen LogP contribution in [0.3, 0.4) is 0 Å². The lowest BCUT2D eigenvalue weighted by Gasteiger charge is -2.20. The number of rotatable bonds is 3. The lowest BCUT2D eigenvalue weighted by molar-refractivity contribution is 0.436. The fraction of sp³-hybridized carbons (Fsp3) is 0.368. The highest BCUT2D eigenvalue weighted by Gasteiger charge is 2.26. The third-order valence-electron chi connectivity index (χ3n) is 4.65. The Labute approximate surface area is 121 Å². The number of hydrogen-bond donors (Lipinski definition) is 1. The Morgan fingerprint density at radius 3 is 2.35 bits per heavy atom. The quantitative estimate of drug-likeness (QED) is 0.901. The predicted molar refractivity (Wildman–Crippen MR) is 84.9 cm³/mol. The molecule has 2 aromatic rings. The van der Waals surface area contributed by atoms with Gasteiger partial charge in [-0.15, -0.1) is 0 Å². The lowest BCUT2D eigenvalue weighted by Crippen LogP contribution is -2.33. The average molecular weight is 265 g/mol. The first-order valence-electron chi connectivity index (χ1n) is 7.52. The van der Waals surface area contributed by atoms with E-state index in [2.05, 4.69) is 56.3 Å². The predicted octanol–water partition coefficient (Wildman–Crippen LogP) is 3.59. The van der Waals surface area contributed by atoms with Gasteiger partial charge < -0.3 is 5.73 Å². The van der Waals surface area contributed by atoms with Crippen LogP contribution < -0.4 is 5.73 Å². The van der Waals surface area contributed by atoms with Crippen LogP contribution in [0.2, 0.25) is 0 Å². The monoisotopic (exact) mass is 265 g/mol. The topological polar surface area (TPSA) is 26.0 Å². The maximum atomic E-state index is 6.51. The summed E-state index contributed by atoms with van der Waals surface area (Å²) in [5.41, 5.74) is 13.6. The number of benzene rings is 2. The first-order chi connectivity index (χ1) is 9.63. The van der Waals surface area contributed by atoms with Gasteiger partial charge in [0.1, 0.15) is 0 Å². The standard InChI is InChI=1S/C19H23N/c1-13-7-8-14(2)17(9-13)12-19(20)18-10-15-5-3-4-6-16(15)11-18/h3-9,18-19H,10-12,20H2,1-2H3. The van der Waals surface area contributed by atoms with E-state index in [0.717, 1.165) is 19.3 Å². The summed E-state index contributed by atoms with van der Waals surface area (Å²) < 4.78 is 0. The summed E-state index contributed by atoms with van der Waals surface area (Å²) in [7, 11) is 0. The molecule has 0 saturated heterocycles. The highest BCUT2D eigenvalue weighted by atomic mass is 14.7. The minimum Gasteiger partial charge on any atom is -0.327 e. The Morgan fingerprint density at radius 1 is 1.05 bits per heavy atom. The first kappa shape index (κ1) is 13.4. The van der Waals surface area contributed by atoms with Crippen molar-refractivity contribution in [3.8, 4) is 0 Å². The van der Waals surface area contributed by atoms with E-state index in [4.69, 9.17) is 5.73 Å². The second-order valence-corrected chi connectivity index (χ2v) is 6.23. The zero-order chi connectivity index (χ0) is 14.1. The molecule has 0 radical (unpaired) electrons. The summed E-state index contributed by atoms with van der Waals surface area (Å²) in [4.78, 5) is 0. The summed E-state index contributed by atoms with van der Waals surface area (Å²) in [6.45, 7) is 4.34. The molecule has 20 heavy (non-hydrogen) atoms. The van der Waals surface area contributed by atoms with Gasteiger partial charge in [0, 0.05) is 6.04 Å². The first-order valence-corrected chi connectivity index (χ1v) is 7.52. The van der Waals surface area contributed by atoms with Gasteiger partial charge in [0.25, 0.3) is 0 Å². The van der Waals surface area contributed by atoms with E-state index in [-0.39, 0.29) is 6.04 Å². The second kappa shape index (κ2) is 5.41. The molecule has 0 saturated carbocycles. The number of hydrogen-bond acceptors (Lipinski definition) is 1. The smallest absolute Gasteiger partial charge is 0.0114 e. The van der Waals surface area contributed by atoms with Gasteiger partial charge in [0.15, 0.2) is 0 Å². The largest absolute Gasteiger partial charge is 0.327 e. The van der Waals surface area contributed by atoms with Crippen molar-refractivity contribution >= 4 is 0 Å². The third kappa shape index (κ3) is 2.64. The Bertz CT molecular complexity index is 590. The van der Waals surface area contributed by atoms with Gasteiger partial charge >= 0.3 is 0 Å². The van der Waals surface area contributed by atoms with Crippen molar-refractivity contribution in [2.24, 2.45) is 11.7 Å². The molecule has 0 fully saturated rings. The molecule has 0 amide bonds. The lowest BCUT2D eigenvalue weighted by atomic mass is 9.90. The number of fused-ring (bicyclic) bond motifs is 1. The van der Waals surface area contributed by atoms with Crippen molar-refractivity contribution in [3.63, 3.8) is 0 Å². The zero-order valence-corrected chi connectivity index (χ0v) is 12.4. The molecule has 1 aliphatic carbocycles. The summed E-state index contributed by atoms with van der Waals surface area (Å²) in [6, 6.07) is 15.7. The molecule has 2 aromatic carbocycles. The summed E-state index contributed by atoms with van der Waals surface area (Å²) in [5.74, 6) is 0.590. The molecule has 2 N–H and O–H groups in total. The van der Waals surface area contributed by atoms with Crippen molar-refractivity contribution in [1.29, 1.82) is 0 Å². The summed E-state index contributed by atoms with van der Waals surface area (Å²) >= 11 is 0. The molecule has 1 aliphatic rings. The van der Waals surface area contributed by atoms with Gasteiger partial charge in [0.2, 0.25) is 0 Å². The Hall–Kier alpha value is -1.60.